The Morgan fingerprint density at radius 2 is 1.71 bits per heavy atom. The summed E-state index contributed by atoms with van der Waals surface area (Å²) in [5.74, 6) is -0.423. The van der Waals surface area contributed by atoms with Crippen molar-refractivity contribution in [2.75, 3.05) is 0 Å². The molecule has 0 spiro atoms. The number of ether oxygens (including phenoxy) is 1. The van der Waals surface area contributed by atoms with Crippen molar-refractivity contribution < 1.29 is 27.8 Å². The van der Waals surface area contributed by atoms with Gasteiger partial charge in [0.25, 0.3) is 0 Å². The van der Waals surface area contributed by atoms with Crippen molar-refractivity contribution in [3.63, 3.8) is 0 Å². The van der Waals surface area contributed by atoms with E-state index >= 15 is 0 Å². The first-order chi connectivity index (χ1) is 9.77. The monoisotopic (exact) mass is 296 g/mol. The minimum Gasteiger partial charge on any atom is -0.478 e. The highest BCUT2D eigenvalue weighted by atomic mass is 19.4. The molecular formula is C15H11F3O3. The molecule has 2 rings (SSSR count). The van der Waals surface area contributed by atoms with Crippen LogP contribution in [0.25, 0.3) is 0 Å². The van der Waals surface area contributed by atoms with Gasteiger partial charge in [-0.1, -0.05) is 0 Å². The molecule has 0 radical (unpaired) electrons. The zero-order valence-electron chi connectivity index (χ0n) is 10.9. The maximum Gasteiger partial charge on any atom is 0.416 e. The minimum absolute atomic E-state index is 0.118. The van der Waals surface area contributed by atoms with Crippen molar-refractivity contribution in [3.8, 4) is 11.5 Å². The van der Waals surface area contributed by atoms with Crippen LogP contribution in [0.4, 0.5) is 13.2 Å². The number of halogens is 3. The van der Waals surface area contributed by atoms with Crippen LogP contribution in [0.3, 0.4) is 0 Å². The summed E-state index contributed by atoms with van der Waals surface area (Å²) in [5, 5.41) is 8.85. The van der Waals surface area contributed by atoms with E-state index in [0.717, 1.165) is 12.1 Å². The van der Waals surface area contributed by atoms with Gasteiger partial charge in [-0.15, -0.1) is 0 Å². The first-order valence-electron chi connectivity index (χ1n) is 5.96. The third-order valence-corrected chi connectivity index (χ3v) is 2.83. The molecule has 6 heteroatoms. The number of carbonyl (C=O) groups is 1. The molecule has 2 aromatic rings. The van der Waals surface area contributed by atoms with Crippen molar-refractivity contribution in [1.82, 2.24) is 0 Å². The highest BCUT2D eigenvalue weighted by Crippen LogP contribution is 2.32. The van der Waals surface area contributed by atoms with E-state index in [-0.39, 0.29) is 11.3 Å². The second-order valence-electron chi connectivity index (χ2n) is 4.41. The maximum atomic E-state index is 12.4. The first kappa shape index (κ1) is 14.9. The van der Waals surface area contributed by atoms with E-state index in [2.05, 4.69) is 0 Å². The summed E-state index contributed by atoms with van der Waals surface area (Å²) in [6.07, 6.45) is -4.39. The molecule has 0 amide bonds. The molecule has 110 valence electrons. The number of alkyl halides is 3. The molecule has 0 aromatic heterocycles. The Morgan fingerprint density at radius 3 is 2.19 bits per heavy atom. The molecule has 0 bridgehead atoms. The molecule has 2 aromatic carbocycles. The van der Waals surface area contributed by atoms with Crippen LogP contribution in [0, 0.1) is 6.92 Å². The molecule has 0 unspecified atom stereocenters. The summed E-state index contributed by atoms with van der Waals surface area (Å²) in [4.78, 5) is 10.8. The Bertz CT molecular complexity index is 661. The van der Waals surface area contributed by atoms with Crippen LogP contribution in [0.2, 0.25) is 0 Å². The molecule has 0 aliphatic carbocycles. The van der Waals surface area contributed by atoms with E-state index < -0.39 is 17.7 Å². The van der Waals surface area contributed by atoms with Crippen molar-refractivity contribution in [1.29, 1.82) is 0 Å². The number of rotatable bonds is 3. The molecule has 0 fully saturated rings. The van der Waals surface area contributed by atoms with Crippen LogP contribution < -0.4 is 4.74 Å². The van der Waals surface area contributed by atoms with E-state index in [9.17, 15) is 18.0 Å². The third-order valence-electron chi connectivity index (χ3n) is 2.83. The summed E-state index contributed by atoms with van der Waals surface area (Å²) in [7, 11) is 0. The van der Waals surface area contributed by atoms with Crippen LogP contribution in [0.5, 0.6) is 11.5 Å². The fourth-order valence-electron chi connectivity index (χ4n) is 1.74. The molecule has 1 N–H and O–H groups in total. The molecule has 0 aliphatic heterocycles. The van der Waals surface area contributed by atoms with Crippen molar-refractivity contribution in [2.24, 2.45) is 0 Å². The van der Waals surface area contributed by atoms with Crippen molar-refractivity contribution >= 4 is 5.97 Å². The molecule has 0 saturated heterocycles. The number of aromatic carboxylic acids is 1. The average Bonchev–Trinajstić information content (AvgIpc) is 2.40. The SMILES string of the molecule is Cc1cc(C(=O)O)ccc1Oc1ccc(C(F)(F)F)cc1. The summed E-state index contributed by atoms with van der Waals surface area (Å²) in [5.41, 5.74) is -0.0603. The Hall–Kier alpha value is -2.50. The summed E-state index contributed by atoms with van der Waals surface area (Å²) in [6, 6.07) is 8.56. The summed E-state index contributed by atoms with van der Waals surface area (Å²) >= 11 is 0. The summed E-state index contributed by atoms with van der Waals surface area (Å²) in [6.45, 7) is 1.66. The molecule has 3 nitrogen and oxygen atoms in total. The van der Waals surface area contributed by atoms with Gasteiger partial charge in [0.05, 0.1) is 11.1 Å². The lowest BCUT2D eigenvalue weighted by molar-refractivity contribution is -0.137. The van der Waals surface area contributed by atoms with Gasteiger partial charge in [0.2, 0.25) is 0 Å². The van der Waals surface area contributed by atoms with Crippen LogP contribution in [0.15, 0.2) is 42.5 Å². The lowest BCUT2D eigenvalue weighted by Crippen LogP contribution is -2.04. The smallest absolute Gasteiger partial charge is 0.416 e. The molecular weight excluding hydrogens is 285 g/mol. The topological polar surface area (TPSA) is 46.5 Å². The predicted octanol–water partition coefficient (Wildman–Crippen LogP) is 4.50. The Balaban J connectivity index is 2.20. The molecule has 21 heavy (non-hydrogen) atoms. The van der Waals surface area contributed by atoms with E-state index in [0.29, 0.717) is 11.3 Å². The van der Waals surface area contributed by atoms with Crippen LogP contribution in [-0.2, 0) is 6.18 Å². The lowest BCUT2D eigenvalue weighted by Gasteiger charge is -2.11. The van der Waals surface area contributed by atoms with Gasteiger partial charge in [-0.2, -0.15) is 13.2 Å². The van der Waals surface area contributed by atoms with Crippen LogP contribution >= 0.6 is 0 Å². The number of benzene rings is 2. The van der Waals surface area contributed by atoms with Gasteiger partial charge in [0.15, 0.2) is 0 Å². The number of hydrogen-bond donors (Lipinski definition) is 1. The molecule has 0 heterocycles. The van der Waals surface area contributed by atoms with Crippen LogP contribution in [0.1, 0.15) is 21.5 Å². The fraction of sp³-hybridized carbons (Fsp3) is 0.133. The van der Waals surface area contributed by atoms with E-state index in [4.69, 9.17) is 9.84 Å². The zero-order valence-corrected chi connectivity index (χ0v) is 10.9. The second kappa shape index (κ2) is 5.47. The minimum atomic E-state index is -4.39. The van der Waals surface area contributed by atoms with Gasteiger partial charge in [-0.3, -0.25) is 0 Å². The Kier molecular flexibility index (Phi) is 3.88. The molecule has 0 atom stereocenters. The van der Waals surface area contributed by atoms with Gasteiger partial charge < -0.3 is 9.84 Å². The predicted molar refractivity (Wildman–Crippen MR) is 69.7 cm³/mol. The molecule has 0 saturated carbocycles. The van der Waals surface area contributed by atoms with E-state index in [1.807, 2.05) is 0 Å². The number of carboxylic acids is 1. The van der Waals surface area contributed by atoms with Gasteiger partial charge in [-0.05, 0) is 55.0 Å². The van der Waals surface area contributed by atoms with E-state index in [1.54, 1.807) is 6.92 Å². The average molecular weight is 296 g/mol. The highest BCUT2D eigenvalue weighted by Gasteiger charge is 2.30. The third kappa shape index (κ3) is 3.53. The highest BCUT2D eigenvalue weighted by molar-refractivity contribution is 5.88. The standard InChI is InChI=1S/C15H11F3O3/c1-9-8-10(14(19)20)2-7-13(9)21-12-5-3-11(4-6-12)15(16,17)18/h2-8H,1H3,(H,19,20). The molecule has 0 aliphatic rings. The largest absolute Gasteiger partial charge is 0.478 e. The number of hydrogen-bond acceptors (Lipinski definition) is 2. The van der Waals surface area contributed by atoms with Crippen LogP contribution in [-0.4, -0.2) is 11.1 Å². The van der Waals surface area contributed by atoms with E-state index in [1.165, 1.54) is 30.3 Å². The van der Waals surface area contributed by atoms with Gasteiger partial charge in [0.1, 0.15) is 11.5 Å². The van der Waals surface area contributed by atoms with Gasteiger partial charge >= 0.3 is 12.1 Å². The zero-order chi connectivity index (χ0) is 15.6. The number of aryl methyl sites for hydroxylation is 1. The Morgan fingerprint density at radius 1 is 1.10 bits per heavy atom. The van der Waals surface area contributed by atoms with Crippen molar-refractivity contribution in [3.05, 3.63) is 59.2 Å². The fourth-order valence-corrected chi connectivity index (χ4v) is 1.74. The van der Waals surface area contributed by atoms with Gasteiger partial charge in [-0.25, -0.2) is 4.79 Å². The van der Waals surface area contributed by atoms with Gasteiger partial charge in [0, 0.05) is 0 Å². The number of carboxylic acid groups (broad SMARTS) is 1. The Labute approximate surface area is 118 Å². The lowest BCUT2D eigenvalue weighted by atomic mass is 10.1. The van der Waals surface area contributed by atoms with Crippen molar-refractivity contribution in [2.45, 2.75) is 13.1 Å². The maximum absolute atomic E-state index is 12.4. The normalized spacial score (nSPS) is 11.2. The second-order valence-corrected chi connectivity index (χ2v) is 4.41. The quantitative estimate of drug-likeness (QED) is 0.906. The summed E-state index contributed by atoms with van der Waals surface area (Å²) < 4.78 is 42.8. The first-order valence-corrected chi connectivity index (χ1v) is 5.96.